The highest BCUT2D eigenvalue weighted by Crippen LogP contribution is 2.32. The van der Waals surface area contributed by atoms with Crippen LogP contribution in [0.2, 0.25) is 0 Å². The Morgan fingerprint density at radius 2 is 1.92 bits per heavy atom. The number of carbonyl (C=O) groups excluding carboxylic acids is 2. The molecule has 1 aromatic heterocycles. The van der Waals surface area contributed by atoms with Crippen LogP contribution in [0.3, 0.4) is 0 Å². The van der Waals surface area contributed by atoms with Gasteiger partial charge in [0.1, 0.15) is 5.01 Å². The molecule has 4 rings (SSSR count). The summed E-state index contributed by atoms with van der Waals surface area (Å²) in [5.41, 5.74) is 5.29. The van der Waals surface area contributed by atoms with E-state index in [0.29, 0.717) is 0 Å². The van der Waals surface area contributed by atoms with Gasteiger partial charge in [0.05, 0.1) is 16.3 Å². The Kier molecular flexibility index (Phi) is 4.31. The number of hydrogen-bond donors (Lipinski definition) is 2. The van der Waals surface area contributed by atoms with Crippen LogP contribution < -0.4 is 10.7 Å². The van der Waals surface area contributed by atoms with E-state index in [9.17, 15) is 9.59 Å². The molecule has 1 heterocycles. The van der Waals surface area contributed by atoms with E-state index >= 15 is 0 Å². The fourth-order valence-electron chi connectivity index (χ4n) is 2.74. The number of aryl methyl sites for hydroxylation is 1. The van der Waals surface area contributed by atoms with Crippen LogP contribution in [0.15, 0.2) is 35.4 Å². The minimum Gasteiger partial charge on any atom is -0.345 e. The second kappa shape index (κ2) is 6.76. The molecular formula is C18H18N4O2S. The molecule has 128 valence electrons. The van der Waals surface area contributed by atoms with E-state index in [1.165, 1.54) is 0 Å². The van der Waals surface area contributed by atoms with Crippen LogP contribution in [0, 0.1) is 0 Å². The fourth-order valence-corrected chi connectivity index (χ4v) is 3.88. The van der Waals surface area contributed by atoms with Crippen LogP contribution >= 0.6 is 11.3 Å². The van der Waals surface area contributed by atoms with Gasteiger partial charge in [-0.3, -0.25) is 9.59 Å². The number of nitrogens with zero attached hydrogens (tertiary/aromatic N) is 2. The number of benzene rings is 1. The monoisotopic (exact) mass is 354 g/mol. The number of carbonyl (C=O) groups is 2. The van der Waals surface area contributed by atoms with Crippen LogP contribution in [0.1, 0.15) is 36.3 Å². The number of hydrazone groups is 1. The van der Waals surface area contributed by atoms with Crippen molar-refractivity contribution in [2.24, 2.45) is 5.10 Å². The van der Waals surface area contributed by atoms with E-state index in [1.807, 2.05) is 30.3 Å². The Labute approximate surface area is 149 Å². The molecule has 1 fully saturated rings. The van der Waals surface area contributed by atoms with Gasteiger partial charge in [-0.15, -0.1) is 11.3 Å². The van der Waals surface area contributed by atoms with Gasteiger partial charge in [-0.1, -0.05) is 30.3 Å². The molecule has 2 aliphatic rings. The smallest absolute Gasteiger partial charge is 0.329 e. The molecule has 0 bridgehead atoms. The Hall–Kier alpha value is -2.54. The quantitative estimate of drug-likeness (QED) is 0.655. The maximum Gasteiger partial charge on any atom is 0.329 e. The number of thiazole rings is 1. The lowest BCUT2D eigenvalue weighted by Gasteiger charge is -2.12. The molecule has 0 atom stereocenters. The first-order chi connectivity index (χ1) is 12.2. The molecule has 2 aromatic rings. The lowest BCUT2D eigenvalue weighted by Crippen LogP contribution is -2.39. The minimum absolute atomic E-state index is 0.155. The van der Waals surface area contributed by atoms with Gasteiger partial charge < -0.3 is 5.32 Å². The molecule has 2 N–H and O–H groups in total. The molecule has 2 aliphatic carbocycles. The maximum absolute atomic E-state index is 11.8. The summed E-state index contributed by atoms with van der Waals surface area (Å²) in [5.74, 6) is -1.32. The molecule has 2 amide bonds. The summed E-state index contributed by atoms with van der Waals surface area (Å²) >= 11 is 1.58. The Balaban J connectivity index is 1.51. The molecule has 0 unspecified atom stereocenters. The molecule has 0 spiro atoms. The van der Waals surface area contributed by atoms with E-state index in [4.69, 9.17) is 4.98 Å². The van der Waals surface area contributed by atoms with E-state index in [-0.39, 0.29) is 6.04 Å². The summed E-state index contributed by atoms with van der Waals surface area (Å²) in [6.45, 7) is 0. The third-order valence-electron chi connectivity index (χ3n) is 4.22. The van der Waals surface area contributed by atoms with Gasteiger partial charge >= 0.3 is 11.8 Å². The van der Waals surface area contributed by atoms with Crippen molar-refractivity contribution in [3.63, 3.8) is 0 Å². The molecule has 6 nitrogen and oxygen atoms in total. The molecule has 1 aromatic carbocycles. The summed E-state index contributed by atoms with van der Waals surface area (Å²) in [6.07, 6.45) is 4.51. The molecule has 0 aliphatic heterocycles. The lowest BCUT2D eigenvalue weighted by molar-refractivity contribution is -0.139. The van der Waals surface area contributed by atoms with Crippen molar-refractivity contribution >= 4 is 28.9 Å². The van der Waals surface area contributed by atoms with Crippen molar-refractivity contribution < 1.29 is 9.59 Å². The van der Waals surface area contributed by atoms with Crippen LogP contribution in [0.5, 0.6) is 0 Å². The van der Waals surface area contributed by atoms with Crippen LogP contribution in [0.25, 0.3) is 10.6 Å². The van der Waals surface area contributed by atoms with Crippen molar-refractivity contribution in [2.75, 3.05) is 0 Å². The Morgan fingerprint density at radius 1 is 1.12 bits per heavy atom. The average molecular weight is 354 g/mol. The zero-order chi connectivity index (χ0) is 17.2. The number of hydrogen-bond acceptors (Lipinski definition) is 5. The van der Waals surface area contributed by atoms with Gasteiger partial charge in [-0.25, -0.2) is 10.4 Å². The topological polar surface area (TPSA) is 83.5 Å². The van der Waals surface area contributed by atoms with E-state index in [2.05, 4.69) is 15.8 Å². The zero-order valence-electron chi connectivity index (χ0n) is 13.6. The van der Waals surface area contributed by atoms with E-state index in [1.54, 1.807) is 11.3 Å². The number of aromatic nitrogens is 1. The summed E-state index contributed by atoms with van der Waals surface area (Å²) < 4.78 is 0. The standard InChI is InChI=1S/C18H18N4O2S/c23-16(19-12-9-10-12)17(24)22-21-14-8-4-7-13-15(14)25-18(20-13)11-5-2-1-3-6-11/h1-3,5-6,12H,4,7-10H2,(H,19,23)(H,22,24)/b21-14-. The highest BCUT2D eigenvalue weighted by Gasteiger charge is 2.27. The number of rotatable bonds is 3. The number of amides is 2. The fraction of sp³-hybridized carbons (Fsp3) is 0.333. The summed E-state index contributed by atoms with van der Waals surface area (Å²) in [7, 11) is 0. The SMILES string of the molecule is O=C(N/N=C1/CCCc2nc(-c3ccccc3)sc21)C(=O)NC1CC1. The second-order valence-electron chi connectivity index (χ2n) is 6.26. The van der Waals surface area contributed by atoms with Crippen LogP contribution in [-0.2, 0) is 16.0 Å². The predicted molar refractivity (Wildman–Crippen MR) is 96.3 cm³/mol. The normalized spacial score (nSPS) is 17.8. The molecule has 0 saturated heterocycles. The van der Waals surface area contributed by atoms with E-state index in [0.717, 1.165) is 59.0 Å². The van der Waals surface area contributed by atoms with Gasteiger partial charge in [-0.2, -0.15) is 5.10 Å². The first kappa shape index (κ1) is 16.0. The maximum atomic E-state index is 11.8. The van der Waals surface area contributed by atoms with Gasteiger partial charge in [0.25, 0.3) is 0 Å². The average Bonchev–Trinajstić information content (AvgIpc) is 3.34. The van der Waals surface area contributed by atoms with Crippen LogP contribution in [-0.4, -0.2) is 28.6 Å². The second-order valence-corrected chi connectivity index (χ2v) is 7.26. The highest BCUT2D eigenvalue weighted by atomic mass is 32.1. The molecule has 25 heavy (non-hydrogen) atoms. The van der Waals surface area contributed by atoms with Crippen molar-refractivity contribution in [1.29, 1.82) is 0 Å². The Morgan fingerprint density at radius 3 is 2.68 bits per heavy atom. The first-order valence-corrected chi connectivity index (χ1v) is 9.25. The molecule has 7 heteroatoms. The largest absolute Gasteiger partial charge is 0.345 e. The van der Waals surface area contributed by atoms with Crippen molar-refractivity contribution in [1.82, 2.24) is 15.7 Å². The van der Waals surface area contributed by atoms with Crippen molar-refractivity contribution in [3.8, 4) is 10.6 Å². The third kappa shape index (κ3) is 3.61. The van der Waals surface area contributed by atoms with Gasteiger partial charge in [0.15, 0.2) is 0 Å². The minimum atomic E-state index is -0.709. The van der Waals surface area contributed by atoms with E-state index < -0.39 is 11.8 Å². The van der Waals surface area contributed by atoms with Gasteiger partial charge in [0, 0.05) is 11.6 Å². The van der Waals surface area contributed by atoms with Crippen molar-refractivity contribution in [3.05, 3.63) is 40.9 Å². The number of fused-ring (bicyclic) bond motifs is 1. The summed E-state index contributed by atoms with van der Waals surface area (Å²) in [6, 6.07) is 10.2. The lowest BCUT2D eigenvalue weighted by atomic mass is 10.0. The zero-order valence-corrected chi connectivity index (χ0v) is 14.4. The summed E-state index contributed by atoms with van der Waals surface area (Å²) in [4.78, 5) is 29.3. The highest BCUT2D eigenvalue weighted by molar-refractivity contribution is 7.17. The first-order valence-electron chi connectivity index (χ1n) is 8.43. The van der Waals surface area contributed by atoms with Gasteiger partial charge in [0.2, 0.25) is 0 Å². The molecular weight excluding hydrogens is 336 g/mol. The molecule has 0 radical (unpaired) electrons. The van der Waals surface area contributed by atoms with Crippen molar-refractivity contribution in [2.45, 2.75) is 38.1 Å². The number of nitrogens with one attached hydrogen (secondary N) is 2. The third-order valence-corrected chi connectivity index (χ3v) is 5.41. The Bertz CT molecular complexity index is 840. The summed E-state index contributed by atoms with van der Waals surface area (Å²) in [5, 5.41) is 7.82. The van der Waals surface area contributed by atoms with Crippen LogP contribution in [0.4, 0.5) is 0 Å². The predicted octanol–water partition coefficient (Wildman–Crippen LogP) is 2.25. The van der Waals surface area contributed by atoms with Gasteiger partial charge in [-0.05, 0) is 32.1 Å². The molecule has 1 saturated carbocycles.